The number of nitrogens with zero attached hydrogens (tertiary/aromatic N) is 1. The summed E-state index contributed by atoms with van der Waals surface area (Å²) in [4.78, 5) is 37.2. The van der Waals surface area contributed by atoms with Gasteiger partial charge < -0.3 is 20.3 Å². The fraction of sp³-hybridized carbons (Fsp3) is 0.389. The van der Waals surface area contributed by atoms with Gasteiger partial charge in [0.05, 0.1) is 6.54 Å². The standard InChI is InChI=1S/C18H23N3O4/c1-2-12-25-18(24)21-10-8-15(9-11-21)20-16(22)13-19-17(23)14-6-4-3-5-7-14/h2-7,15H,1,8-13H2,(H,19,23)(H,20,22). The molecule has 25 heavy (non-hydrogen) atoms. The van der Waals surface area contributed by atoms with Crippen LogP contribution in [0.4, 0.5) is 4.79 Å². The molecule has 1 aromatic rings. The van der Waals surface area contributed by atoms with Crippen LogP contribution in [0.1, 0.15) is 23.2 Å². The van der Waals surface area contributed by atoms with Gasteiger partial charge in [0.15, 0.2) is 0 Å². The van der Waals surface area contributed by atoms with Crippen molar-refractivity contribution in [3.63, 3.8) is 0 Å². The van der Waals surface area contributed by atoms with E-state index in [4.69, 9.17) is 4.74 Å². The molecule has 1 fully saturated rings. The third-order valence-electron chi connectivity index (χ3n) is 3.89. The van der Waals surface area contributed by atoms with E-state index in [0.717, 1.165) is 0 Å². The molecular weight excluding hydrogens is 322 g/mol. The first-order valence-electron chi connectivity index (χ1n) is 8.25. The van der Waals surface area contributed by atoms with E-state index in [1.54, 1.807) is 29.2 Å². The first-order valence-corrected chi connectivity index (χ1v) is 8.25. The van der Waals surface area contributed by atoms with Gasteiger partial charge in [-0.1, -0.05) is 30.9 Å². The molecule has 0 spiro atoms. The minimum atomic E-state index is -0.361. The average Bonchev–Trinajstić information content (AvgIpc) is 2.65. The predicted octanol–water partition coefficient (Wildman–Crippen LogP) is 1.32. The predicted molar refractivity (Wildman–Crippen MR) is 93.1 cm³/mol. The molecule has 3 amide bonds. The Morgan fingerprint density at radius 2 is 1.88 bits per heavy atom. The third-order valence-corrected chi connectivity index (χ3v) is 3.89. The lowest BCUT2D eigenvalue weighted by Gasteiger charge is -2.31. The van der Waals surface area contributed by atoms with Crippen LogP contribution in [-0.4, -0.2) is 55.1 Å². The molecule has 1 saturated heterocycles. The quantitative estimate of drug-likeness (QED) is 0.761. The van der Waals surface area contributed by atoms with Crippen LogP contribution in [0, 0.1) is 0 Å². The number of carbonyl (C=O) groups excluding carboxylic acids is 3. The van der Waals surface area contributed by atoms with Gasteiger partial charge >= 0.3 is 6.09 Å². The summed E-state index contributed by atoms with van der Waals surface area (Å²) in [7, 11) is 0. The van der Waals surface area contributed by atoms with Crippen molar-refractivity contribution in [2.45, 2.75) is 18.9 Å². The van der Waals surface area contributed by atoms with Gasteiger partial charge in [-0.25, -0.2) is 4.79 Å². The zero-order valence-corrected chi connectivity index (χ0v) is 14.1. The summed E-state index contributed by atoms with van der Waals surface area (Å²) in [5.41, 5.74) is 0.515. The maximum atomic E-state index is 12.0. The summed E-state index contributed by atoms with van der Waals surface area (Å²) in [6, 6.07) is 8.72. The van der Waals surface area contributed by atoms with Crippen LogP contribution in [0.15, 0.2) is 43.0 Å². The maximum Gasteiger partial charge on any atom is 0.410 e. The molecule has 0 saturated carbocycles. The van der Waals surface area contributed by atoms with Crippen molar-refractivity contribution in [3.05, 3.63) is 48.6 Å². The molecule has 0 bridgehead atoms. The highest BCUT2D eigenvalue weighted by atomic mass is 16.6. The van der Waals surface area contributed by atoms with Gasteiger partial charge in [0.1, 0.15) is 6.61 Å². The molecule has 7 heteroatoms. The number of hydrogen-bond donors (Lipinski definition) is 2. The van der Waals surface area contributed by atoms with Crippen LogP contribution in [0.2, 0.25) is 0 Å². The molecule has 7 nitrogen and oxygen atoms in total. The number of ether oxygens (including phenoxy) is 1. The Morgan fingerprint density at radius 3 is 2.52 bits per heavy atom. The second kappa shape index (κ2) is 9.46. The number of rotatable bonds is 6. The van der Waals surface area contributed by atoms with Gasteiger partial charge in [0.25, 0.3) is 5.91 Å². The molecule has 0 atom stereocenters. The lowest BCUT2D eigenvalue weighted by atomic mass is 10.1. The van der Waals surface area contributed by atoms with E-state index in [-0.39, 0.29) is 37.1 Å². The van der Waals surface area contributed by atoms with E-state index in [0.29, 0.717) is 31.5 Å². The number of hydrogen-bond acceptors (Lipinski definition) is 4. The van der Waals surface area contributed by atoms with E-state index in [2.05, 4.69) is 17.2 Å². The van der Waals surface area contributed by atoms with Crippen molar-refractivity contribution in [1.29, 1.82) is 0 Å². The zero-order valence-electron chi connectivity index (χ0n) is 14.1. The van der Waals surface area contributed by atoms with Gasteiger partial charge in [-0.2, -0.15) is 0 Å². The molecule has 1 aromatic carbocycles. The molecule has 0 aromatic heterocycles. The fourth-order valence-corrected chi connectivity index (χ4v) is 2.56. The summed E-state index contributed by atoms with van der Waals surface area (Å²) in [6.07, 6.45) is 2.47. The third kappa shape index (κ3) is 5.95. The first kappa shape index (κ1) is 18.5. The van der Waals surface area contributed by atoms with E-state index >= 15 is 0 Å². The maximum absolute atomic E-state index is 12.0. The summed E-state index contributed by atoms with van der Waals surface area (Å²) >= 11 is 0. The molecule has 2 rings (SSSR count). The fourth-order valence-electron chi connectivity index (χ4n) is 2.56. The summed E-state index contributed by atoms with van der Waals surface area (Å²) in [5, 5.41) is 5.47. The Balaban J connectivity index is 1.67. The van der Waals surface area contributed by atoms with Gasteiger partial charge in [-0.15, -0.1) is 0 Å². The SMILES string of the molecule is C=CCOC(=O)N1CCC(NC(=O)CNC(=O)c2ccccc2)CC1. The summed E-state index contributed by atoms with van der Waals surface area (Å²) in [5.74, 6) is -0.521. The van der Waals surface area contributed by atoms with Gasteiger partial charge in [0, 0.05) is 24.7 Å². The second-order valence-electron chi connectivity index (χ2n) is 5.74. The monoisotopic (exact) mass is 345 g/mol. The van der Waals surface area contributed by atoms with E-state index in [1.165, 1.54) is 6.08 Å². The molecule has 0 aliphatic carbocycles. The number of amides is 3. The van der Waals surface area contributed by atoms with E-state index < -0.39 is 0 Å². The minimum Gasteiger partial charge on any atom is -0.445 e. The van der Waals surface area contributed by atoms with Crippen molar-refractivity contribution in [2.24, 2.45) is 0 Å². The topological polar surface area (TPSA) is 87.7 Å². The number of carbonyl (C=O) groups is 3. The number of likely N-dealkylation sites (tertiary alicyclic amines) is 1. The van der Waals surface area contributed by atoms with Gasteiger partial charge in [0.2, 0.25) is 5.91 Å². The van der Waals surface area contributed by atoms with Crippen LogP contribution in [0.5, 0.6) is 0 Å². The highest BCUT2D eigenvalue weighted by molar-refractivity contribution is 5.96. The lowest BCUT2D eigenvalue weighted by molar-refractivity contribution is -0.121. The first-order chi connectivity index (χ1) is 12.1. The highest BCUT2D eigenvalue weighted by Gasteiger charge is 2.24. The van der Waals surface area contributed by atoms with Gasteiger partial charge in [-0.05, 0) is 25.0 Å². The largest absolute Gasteiger partial charge is 0.445 e. The number of benzene rings is 1. The summed E-state index contributed by atoms with van der Waals surface area (Å²) in [6.45, 7) is 4.67. The molecular formula is C18H23N3O4. The minimum absolute atomic E-state index is 0.00965. The summed E-state index contributed by atoms with van der Waals surface area (Å²) < 4.78 is 4.99. The molecule has 0 radical (unpaired) electrons. The Morgan fingerprint density at radius 1 is 1.20 bits per heavy atom. The Hall–Kier alpha value is -2.83. The average molecular weight is 345 g/mol. The van der Waals surface area contributed by atoms with Crippen molar-refractivity contribution in [2.75, 3.05) is 26.2 Å². The normalized spacial score (nSPS) is 14.5. The molecule has 1 aliphatic rings. The lowest BCUT2D eigenvalue weighted by Crippen LogP contribution is -2.48. The van der Waals surface area contributed by atoms with Gasteiger partial charge in [-0.3, -0.25) is 9.59 Å². The Bertz CT molecular complexity index is 610. The van der Waals surface area contributed by atoms with Crippen molar-refractivity contribution in [1.82, 2.24) is 15.5 Å². The molecule has 134 valence electrons. The smallest absolute Gasteiger partial charge is 0.410 e. The van der Waals surface area contributed by atoms with E-state index in [1.807, 2.05) is 6.07 Å². The van der Waals surface area contributed by atoms with Crippen molar-refractivity contribution >= 4 is 17.9 Å². The second-order valence-corrected chi connectivity index (χ2v) is 5.74. The van der Waals surface area contributed by atoms with Crippen molar-refractivity contribution in [3.8, 4) is 0 Å². The molecule has 1 heterocycles. The van der Waals surface area contributed by atoms with Crippen molar-refractivity contribution < 1.29 is 19.1 Å². The highest BCUT2D eigenvalue weighted by Crippen LogP contribution is 2.11. The molecule has 2 N–H and O–H groups in total. The zero-order chi connectivity index (χ0) is 18.1. The molecule has 1 aliphatic heterocycles. The number of piperidine rings is 1. The number of nitrogens with one attached hydrogen (secondary N) is 2. The van der Waals surface area contributed by atoms with Crippen LogP contribution in [-0.2, 0) is 9.53 Å². The van der Waals surface area contributed by atoms with Crippen LogP contribution < -0.4 is 10.6 Å². The van der Waals surface area contributed by atoms with Crippen LogP contribution in [0.3, 0.4) is 0 Å². The Labute approximate surface area is 147 Å². The van der Waals surface area contributed by atoms with Crippen LogP contribution >= 0.6 is 0 Å². The molecule has 0 unspecified atom stereocenters. The van der Waals surface area contributed by atoms with E-state index in [9.17, 15) is 14.4 Å². The van der Waals surface area contributed by atoms with Crippen LogP contribution in [0.25, 0.3) is 0 Å². The Kier molecular flexibility index (Phi) is 7.00.